The summed E-state index contributed by atoms with van der Waals surface area (Å²) in [4.78, 5) is 42.7. The number of hydrogen-bond donors (Lipinski definition) is 2. The zero-order valence-electron chi connectivity index (χ0n) is 17.5. The number of hydrogen-bond acceptors (Lipinski definition) is 5. The highest BCUT2D eigenvalue weighted by atomic mass is 16.5. The number of carbonyl (C=O) groups excluding carboxylic acids is 3. The van der Waals surface area contributed by atoms with Gasteiger partial charge in [0.1, 0.15) is 11.3 Å². The van der Waals surface area contributed by atoms with Crippen LogP contribution in [0.2, 0.25) is 0 Å². The van der Waals surface area contributed by atoms with Gasteiger partial charge in [-0.1, -0.05) is 24.3 Å². The molecule has 1 aromatic carbocycles. The van der Waals surface area contributed by atoms with Crippen molar-refractivity contribution in [1.82, 2.24) is 15.1 Å². The molecule has 162 valence electrons. The minimum atomic E-state index is -0.641. The second-order valence-electron chi connectivity index (χ2n) is 9.28. The molecule has 5 aliphatic rings. The molecule has 2 bridgehead atoms. The number of rotatable bonds is 2. The third-order valence-electron chi connectivity index (χ3n) is 7.67. The molecule has 3 saturated heterocycles. The number of nitrogens with zero attached hydrogens (tertiary/aromatic N) is 2. The van der Waals surface area contributed by atoms with E-state index >= 15 is 0 Å². The molecule has 2 spiro atoms. The van der Waals surface area contributed by atoms with E-state index in [9.17, 15) is 14.4 Å². The molecular formula is C23H26N4O4. The van der Waals surface area contributed by atoms with Crippen LogP contribution in [0.1, 0.15) is 30.1 Å². The van der Waals surface area contributed by atoms with Gasteiger partial charge in [0, 0.05) is 38.2 Å². The average molecular weight is 422 g/mol. The van der Waals surface area contributed by atoms with E-state index < -0.39 is 23.1 Å². The van der Waals surface area contributed by atoms with Gasteiger partial charge in [0.05, 0.1) is 30.0 Å². The molecule has 8 nitrogen and oxygen atoms in total. The Labute approximate surface area is 180 Å². The van der Waals surface area contributed by atoms with Crippen molar-refractivity contribution >= 4 is 23.4 Å². The summed E-state index contributed by atoms with van der Waals surface area (Å²) < 4.78 is 6.18. The Hall–Kier alpha value is -2.87. The first-order valence-electron chi connectivity index (χ1n) is 11.1. The largest absolute Gasteiger partial charge is 0.362 e. The van der Waals surface area contributed by atoms with Crippen molar-refractivity contribution in [3.05, 3.63) is 42.0 Å². The number of nitrogens with one attached hydrogen (secondary N) is 2. The standard InChI is InChI=1S/C23H26N4O4/c1-2-26-13-22-8-7-16(31-22)17(18(22)21(26)30)20(29)27-11-9-23(10-12-27)24-15-6-4-3-5-14(15)19(28)25-23/h3-8,16-18,24H,2,9-13H2,1H3,(H,25,28)/t16-,17+,18-,22-/m1/s1. The highest BCUT2D eigenvalue weighted by molar-refractivity contribution is 6.02. The Morgan fingerprint density at radius 3 is 2.74 bits per heavy atom. The normalized spacial score (nSPS) is 34.5. The lowest BCUT2D eigenvalue weighted by Crippen LogP contribution is -2.63. The van der Waals surface area contributed by atoms with E-state index in [1.54, 1.807) is 11.0 Å². The van der Waals surface area contributed by atoms with Crippen LogP contribution in [0.3, 0.4) is 0 Å². The highest BCUT2D eigenvalue weighted by Crippen LogP contribution is 2.52. The third-order valence-corrected chi connectivity index (χ3v) is 7.67. The first-order valence-corrected chi connectivity index (χ1v) is 11.1. The number of para-hydroxylation sites is 1. The molecule has 0 aliphatic carbocycles. The fourth-order valence-corrected chi connectivity index (χ4v) is 6.06. The summed E-state index contributed by atoms with van der Waals surface area (Å²) in [7, 11) is 0. The van der Waals surface area contributed by atoms with Crippen LogP contribution in [-0.4, -0.2) is 71.1 Å². The van der Waals surface area contributed by atoms with Gasteiger partial charge in [0.2, 0.25) is 11.8 Å². The maximum Gasteiger partial charge on any atom is 0.255 e. The van der Waals surface area contributed by atoms with E-state index in [1.807, 2.05) is 42.2 Å². The summed E-state index contributed by atoms with van der Waals surface area (Å²) in [5, 5.41) is 6.60. The summed E-state index contributed by atoms with van der Waals surface area (Å²) in [6, 6.07) is 7.48. The first kappa shape index (κ1) is 18.9. The number of fused-ring (bicyclic) bond motifs is 2. The minimum Gasteiger partial charge on any atom is -0.362 e. The second-order valence-corrected chi connectivity index (χ2v) is 9.28. The molecule has 31 heavy (non-hydrogen) atoms. The molecule has 8 heteroatoms. The lowest BCUT2D eigenvalue weighted by atomic mass is 9.76. The molecule has 0 aromatic heterocycles. The van der Waals surface area contributed by atoms with Gasteiger partial charge in [0.15, 0.2) is 0 Å². The van der Waals surface area contributed by atoms with Crippen LogP contribution in [0.15, 0.2) is 36.4 Å². The maximum atomic E-state index is 13.5. The lowest BCUT2D eigenvalue weighted by molar-refractivity contribution is -0.144. The van der Waals surface area contributed by atoms with Crippen molar-refractivity contribution in [3.8, 4) is 0 Å². The van der Waals surface area contributed by atoms with Crippen molar-refractivity contribution < 1.29 is 19.1 Å². The number of anilines is 1. The summed E-state index contributed by atoms with van der Waals surface area (Å²) in [6.45, 7) is 4.15. The van der Waals surface area contributed by atoms with Crippen molar-refractivity contribution in [2.24, 2.45) is 11.8 Å². The van der Waals surface area contributed by atoms with Crippen molar-refractivity contribution in [2.45, 2.75) is 37.1 Å². The Morgan fingerprint density at radius 2 is 1.97 bits per heavy atom. The van der Waals surface area contributed by atoms with Crippen molar-refractivity contribution in [3.63, 3.8) is 0 Å². The molecule has 0 radical (unpaired) electrons. The van der Waals surface area contributed by atoms with E-state index in [2.05, 4.69) is 10.6 Å². The maximum absolute atomic E-state index is 13.5. The Bertz CT molecular complexity index is 1010. The van der Waals surface area contributed by atoms with Gasteiger partial charge in [-0.2, -0.15) is 0 Å². The number of amides is 3. The summed E-state index contributed by atoms with van der Waals surface area (Å²) in [5.74, 6) is -0.953. The third kappa shape index (κ3) is 2.54. The topological polar surface area (TPSA) is 91.0 Å². The zero-order valence-corrected chi connectivity index (χ0v) is 17.5. The van der Waals surface area contributed by atoms with Gasteiger partial charge in [-0.25, -0.2) is 0 Å². The fourth-order valence-electron chi connectivity index (χ4n) is 6.06. The van der Waals surface area contributed by atoms with Gasteiger partial charge in [0.25, 0.3) is 5.91 Å². The van der Waals surface area contributed by atoms with Gasteiger partial charge in [-0.15, -0.1) is 0 Å². The van der Waals surface area contributed by atoms with Crippen LogP contribution >= 0.6 is 0 Å². The van der Waals surface area contributed by atoms with E-state index in [-0.39, 0.29) is 23.8 Å². The van der Waals surface area contributed by atoms with Crippen molar-refractivity contribution in [2.75, 3.05) is 31.5 Å². The fraction of sp³-hybridized carbons (Fsp3) is 0.522. The smallest absolute Gasteiger partial charge is 0.255 e. The van der Waals surface area contributed by atoms with Crippen LogP contribution in [0.4, 0.5) is 5.69 Å². The van der Waals surface area contributed by atoms with Crippen LogP contribution < -0.4 is 10.6 Å². The van der Waals surface area contributed by atoms with E-state index in [0.29, 0.717) is 44.6 Å². The molecule has 3 amide bonds. The van der Waals surface area contributed by atoms with Gasteiger partial charge in [-0.05, 0) is 19.1 Å². The predicted octanol–water partition coefficient (Wildman–Crippen LogP) is 0.963. The number of likely N-dealkylation sites (tertiary alicyclic amines) is 2. The number of ether oxygens (including phenoxy) is 1. The molecule has 5 aliphatic heterocycles. The number of carbonyl (C=O) groups is 3. The van der Waals surface area contributed by atoms with E-state index in [0.717, 1.165) is 5.69 Å². The van der Waals surface area contributed by atoms with E-state index in [1.165, 1.54) is 0 Å². The molecule has 0 unspecified atom stereocenters. The van der Waals surface area contributed by atoms with Crippen LogP contribution in [0.5, 0.6) is 0 Å². The Kier molecular flexibility index (Phi) is 3.85. The SMILES string of the molecule is CCN1C[C@@]23C=C[C@@H](O2)[C@H](C(=O)N2CCC4(CC2)NC(=O)c2ccccc2N4)[C@@H]3C1=O. The van der Waals surface area contributed by atoms with Gasteiger partial charge in [-0.3, -0.25) is 14.4 Å². The quantitative estimate of drug-likeness (QED) is 0.693. The summed E-state index contributed by atoms with van der Waals surface area (Å²) in [5.41, 5.74) is 0.285. The number of benzene rings is 1. The summed E-state index contributed by atoms with van der Waals surface area (Å²) in [6.07, 6.45) is 4.84. The monoisotopic (exact) mass is 422 g/mol. The van der Waals surface area contributed by atoms with Gasteiger partial charge < -0.3 is 25.2 Å². The lowest BCUT2D eigenvalue weighted by Gasteiger charge is -2.46. The molecule has 1 aromatic rings. The molecular weight excluding hydrogens is 396 g/mol. The van der Waals surface area contributed by atoms with Crippen molar-refractivity contribution in [1.29, 1.82) is 0 Å². The first-order chi connectivity index (χ1) is 15.0. The van der Waals surface area contributed by atoms with Crippen LogP contribution in [0.25, 0.3) is 0 Å². The zero-order chi connectivity index (χ0) is 21.4. The summed E-state index contributed by atoms with van der Waals surface area (Å²) >= 11 is 0. The molecule has 2 N–H and O–H groups in total. The van der Waals surface area contributed by atoms with Crippen LogP contribution in [-0.2, 0) is 14.3 Å². The molecule has 5 heterocycles. The van der Waals surface area contributed by atoms with Gasteiger partial charge >= 0.3 is 0 Å². The molecule has 6 rings (SSSR count). The number of piperidine rings is 1. The molecule has 0 saturated carbocycles. The molecule has 4 atom stereocenters. The number of likely N-dealkylation sites (N-methyl/N-ethyl adjacent to an activating group) is 1. The van der Waals surface area contributed by atoms with E-state index in [4.69, 9.17) is 4.74 Å². The van der Waals surface area contributed by atoms with Crippen LogP contribution in [0, 0.1) is 11.8 Å². The molecule has 3 fully saturated rings. The highest BCUT2D eigenvalue weighted by Gasteiger charge is 2.67. The Balaban J connectivity index is 1.19. The second kappa shape index (κ2) is 6.32. The Morgan fingerprint density at radius 1 is 1.19 bits per heavy atom. The average Bonchev–Trinajstić information content (AvgIpc) is 3.42. The minimum absolute atomic E-state index is 0.00934. The predicted molar refractivity (Wildman–Crippen MR) is 112 cm³/mol.